The normalized spacial score (nSPS) is 23.4. The van der Waals surface area contributed by atoms with E-state index in [1.165, 1.54) is 0 Å². The zero-order valence-electron chi connectivity index (χ0n) is 11.1. The van der Waals surface area contributed by atoms with Crippen LogP contribution in [0.15, 0.2) is 18.2 Å². The van der Waals surface area contributed by atoms with Crippen molar-refractivity contribution < 1.29 is 4.79 Å². The second-order valence-corrected chi connectivity index (χ2v) is 5.54. The van der Waals surface area contributed by atoms with Crippen molar-refractivity contribution in [3.8, 4) is 0 Å². The van der Waals surface area contributed by atoms with E-state index in [2.05, 4.69) is 11.8 Å². The number of nitrogens with two attached hydrogens (primary N) is 2. The number of rotatable bonds is 3. The Hall–Kier alpha value is -1.26. The number of amides is 1. The third kappa shape index (κ3) is 2.85. The number of halogens is 1. The second-order valence-electron chi connectivity index (χ2n) is 5.13. The van der Waals surface area contributed by atoms with E-state index in [1.54, 1.807) is 0 Å². The van der Waals surface area contributed by atoms with Crippen molar-refractivity contribution in [1.82, 2.24) is 0 Å². The van der Waals surface area contributed by atoms with Crippen LogP contribution in [0.5, 0.6) is 0 Å². The molecular formula is C14H20ClN3O. The summed E-state index contributed by atoms with van der Waals surface area (Å²) in [5.41, 5.74) is 13.2. The summed E-state index contributed by atoms with van der Waals surface area (Å²) in [5, 5.41) is 0.680. The highest BCUT2D eigenvalue weighted by molar-refractivity contribution is 6.33. The molecule has 2 atom stereocenters. The molecular weight excluding hydrogens is 262 g/mol. The Balaban J connectivity index is 2.36. The quantitative estimate of drug-likeness (QED) is 0.889. The molecule has 104 valence electrons. The first kappa shape index (κ1) is 14.2. The molecule has 19 heavy (non-hydrogen) atoms. The van der Waals surface area contributed by atoms with Crippen LogP contribution in [0.25, 0.3) is 0 Å². The van der Waals surface area contributed by atoms with E-state index in [1.807, 2.05) is 18.2 Å². The summed E-state index contributed by atoms with van der Waals surface area (Å²) in [6.45, 7) is 3.19. The molecule has 1 saturated heterocycles. The van der Waals surface area contributed by atoms with E-state index in [4.69, 9.17) is 23.1 Å². The molecule has 1 aliphatic heterocycles. The molecule has 2 rings (SSSR count). The molecule has 2 unspecified atom stereocenters. The SMILES string of the molecule is CC1CCC(C(N)=O)CN1c1c(Cl)cccc1CN. The van der Waals surface area contributed by atoms with Crippen LogP contribution in [0.1, 0.15) is 25.3 Å². The number of para-hydroxylation sites is 1. The lowest BCUT2D eigenvalue weighted by Crippen LogP contribution is -2.46. The van der Waals surface area contributed by atoms with Crippen LogP contribution in [0.3, 0.4) is 0 Å². The summed E-state index contributed by atoms with van der Waals surface area (Å²) in [4.78, 5) is 13.6. The van der Waals surface area contributed by atoms with Crippen molar-refractivity contribution in [2.75, 3.05) is 11.4 Å². The highest BCUT2D eigenvalue weighted by Crippen LogP contribution is 2.35. The minimum absolute atomic E-state index is 0.113. The molecule has 0 saturated carbocycles. The van der Waals surface area contributed by atoms with Crippen molar-refractivity contribution in [3.63, 3.8) is 0 Å². The Bertz CT molecular complexity index is 478. The van der Waals surface area contributed by atoms with Gasteiger partial charge in [0.15, 0.2) is 0 Å². The molecule has 5 heteroatoms. The number of carbonyl (C=O) groups is 1. The first-order valence-corrected chi connectivity index (χ1v) is 6.95. The maximum absolute atomic E-state index is 11.4. The third-order valence-corrected chi connectivity index (χ3v) is 4.17. The molecule has 0 spiro atoms. The van der Waals surface area contributed by atoms with Gasteiger partial charge in [-0.05, 0) is 31.4 Å². The van der Waals surface area contributed by atoms with Crippen molar-refractivity contribution in [2.24, 2.45) is 17.4 Å². The average Bonchev–Trinajstić information content (AvgIpc) is 2.39. The largest absolute Gasteiger partial charge is 0.369 e. The third-order valence-electron chi connectivity index (χ3n) is 3.86. The lowest BCUT2D eigenvalue weighted by Gasteiger charge is -2.40. The maximum atomic E-state index is 11.4. The molecule has 4 nitrogen and oxygen atoms in total. The van der Waals surface area contributed by atoms with Gasteiger partial charge in [-0.25, -0.2) is 0 Å². The first-order valence-electron chi connectivity index (χ1n) is 6.58. The van der Waals surface area contributed by atoms with Gasteiger partial charge in [-0.3, -0.25) is 4.79 Å². The first-order chi connectivity index (χ1) is 9.04. The van der Waals surface area contributed by atoms with Gasteiger partial charge in [0.05, 0.1) is 16.6 Å². The van der Waals surface area contributed by atoms with Crippen LogP contribution in [-0.2, 0) is 11.3 Å². The number of hydrogen-bond acceptors (Lipinski definition) is 3. The highest BCUT2D eigenvalue weighted by atomic mass is 35.5. The highest BCUT2D eigenvalue weighted by Gasteiger charge is 2.30. The molecule has 0 aliphatic carbocycles. The Kier molecular flexibility index (Phi) is 4.32. The summed E-state index contributed by atoms with van der Waals surface area (Å²) in [5.74, 6) is -0.351. The fourth-order valence-electron chi connectivity index (χ4n) is 2.70. The van der Waals surface area contributed by atoms with Crippen LogP contribution >= 0.6 is 11.6 Å². The van der Waals surface area contributed by atoms with Crippen LogP contribution in [0, 0.1) is 5.92 Å². The molecule has 1 aliphatic rings. The zero-order chi connectivity index (χ0) is 14.0. The lowest BCUT2D eigenvalue weighted by atomic mass is 9.92. The molecule has 0 aromatic heterocycles. The van der Waals surface area contributed by atoms with Gasteiger partial charge in [-0.2, -0.15) is 0 Å². The summed E-state index contributed by atoms with van der Waals surface area (Å²) >= 11 is 6.32. The number of anilines is 1. The van der Waals surface area contributed by atoms with Crippen LogP contribution in [0.4, 0.5) is 5.69 Å². The standard InChI is InChI=1S/C14H20ClN3O/c1-9-5-6-11(14(17)19)8-18(9)13-10(7-16)3-2-4-12(13)15/h2-4,9,11H,5-8,16H2,1H3,(H2,17,19). The van der Waals surface area contributed by atoms with Gasteiger partial charge in [-0.15, -0.1) is 0 Å². The fraction of sp³-hybridized carbons (Fsp3) is 0.500. The zero-order valence-corrected chi connectivity index (χ0v) is 11.9. The molecule has 1 aromatic carbocycles. The Morgan fingerprint density at radius 3 is 2.84 bits per heavy atom. The number of hydrogen-bond donors (Lipinski definition) is 2. The van der Waals surface area contributed by atoms with Gasteiger partial charge < -0.3 is 16.4 Å². The molecule has 0 bridgehead atoms. The van der Waals surface area contributed by atoms with E-state index < -0.39 is 0 Å². The number of benzene rings is 1. The van der Waals surface area contributed by atoms with E-state index in [0.29, 0.717) is 24.2 Å². The minimum atomic E-state index is -0.238. The maximum Gasteiger partial charge on any atom is 0.222 e. The predicted octanol–water partition coefficient (Wildman–Crippen LogP) is 1.89. The predicted molar refractivity (Wildman–Crippen MR) is 78.1 cm³/mol. The van der Waals surface area contributed by atoms with Crippen LogP contribution in [0.2, 0.25) is 5.02 Å². The Labute approximate surface area is 118 Å². The van der Waals surface area contributed by atoms with Crippen molar-refractivity contribution >= 4 is 23.2 Å². The van der Waals surface area contributed by atoms with Gasteiger partial charge in [0.2, 0.25) is 5.91 Å². The van der Waals surface area contributed by atoms with E-state index in [9.17, 15) is 4.79 Å². The molecule has 4 N–H and O–H groups in total. The summed E-state index contributed by atoms with van der Waals surface area (Å²) < 4.78 is 0. The molecule has 1 fully saturated rings. The topological polar surface area (TPSA) is 72.4 Å². The molecule has 1 amide bonds. The molecule has 0 radical (unpaired) electrons. The van der Waals surface area contributed by atoms with Gasteiger partial charge in [-0.1, -0.05) is 23.7 Å². The molecule has 1 heterocycles. The van der Waals surface area contributed by atoms with Crippen molar-refractivity contribution in [1.29, 1.82) is 0 Å². The average molecular weight is 282 g/mol. The van der Waals surface area contributed by atoms with Crippen molar-refractivity contribution in [2.45, 2.75) is 32.4 Å². The summed E-state index contributed by atoms with van der Waals surface area (Å²) in [6, 6.07) is 6.06. The van der Waals surface area contributed by atoms with E-state index >= 15 is 0 Å². The lowest BCUT2D eigenvalue weighted by molar-refractivity contribution is -0.122. The van der Waals surface area contributed by atoms with Crippen LogP contribution < -0.4 is 16.4 Å². The minimum Gasteiger partial charge on any atom is -0.369 e. The fourth-order valence-corrected chi connectivity index (χ4v) is 3.00. The smallest absolute Gasteiger partial charge is 0.222 e. The van der Waals surface area contributed by atoms with E-state index in [0.717, 1.165) is 24.1 Å². The van der Waals surface area contributed by atoms with Gasteiger partial charge >= 0.3 is 0 Å². The van der Waals surface area contributed by atoms with Gasteiger partial charge in [0.25, 0.3) is 0 Å². The van der Waals surface area contributed by atoms with Gasteiger partial charge in [0.1, 0.15) is 0 Å². The Morgan fingerprint density at radius 2 is 2.21 bits per heavy atom. The number of nitrogens with zero attached hydrogens (tertiary/aromatic N) is 1. The number of carbonyl (C=O) groups excluding carboxylic acids is 1. The number of piperidine rings is 1. The van der Waals surface area contributed by atoms with E-state index in [-0.39, 0.29) is 11.8 Å². The second kappa shape index (κ2) is 5.80. The van der Waals surface area contributed by atoms with Crippen LogP contribution in [-0.4, -0.2) is 18.5 Å². The summed E-state index contributed by atoms with van der Waals surface area (Å²) in [6.07, 6.45) is 1.78. The Morgan fingerprint density at radius 1 is 1.47 bits per heavy atom. The number of primary amides is 1. The van der Waals surface area contributed by atoms with Crippen molar-refractivity contribution in [3.05, 3.63) is 28.8 Å². The monoisotopic (exact) mass is 281 g/mol. The summed E-state index contributed by atoms with van der Waals surface area (Å²) in [7, 11) is 0. The van der Waals surface area contributed by atoms with Gasteiger partial charge in [0, 0.05) is 19.1 Å². The molecule has 1 aromatic rings.